The van der Waals surface area contributed by atoms with Crippen LogP contribution in [0, 0.1) is 0 Å². The van der Waals surface area contributed by atoms with Crippen LogP contribution in [0.3, 0.4) is 0 Å². The summed E-state index contributed by atoms with van der Waals surface area (Å²) in [4.78, 5) is 9.22. The number of carbonyl (C=O) groups excluding carboxylic acids is 1. The molecule has 14 heavy (non-hydrogen) atoms. The summed E-state index contributed by atoms with van der Waals surface area (Å²) in [6.45, 7) is 10.4. The average Bonchev–Trinajstić information content (AvgIpc) is 1.78. The highest BCUT2D eigenvalue weighted by atomic mass is 16.1. The first-order valence-corrected chi connectivity index (χ1v) is 5.20. The SMILES string of the molecule is CC(N)=O.CC1(C)CCCC(C)(C)N1. The van der Waals surface area contributed by atoms with Gasteiger partial charge in [0.2, 0.25) is 5.91 Å². The van der Waals surface area contributed by atoms with Crippen LogP contribution in [0.2, 0.25) is 0 Å². The number of hydrogen-bond acceptors (Lipinski definition) is 2. The molecule has 1 amide bonds. The molecule has 0 atom stereocenters. The highest BCUT2D eigenvalue weighted by molar-refractivity contribution is 5.70. The molecule has 0 aliphatic carbocycles. The Morgan fingerprint density at radius 2 is 1.43 bits per heavy atom. The summed E-state index contributed by atoms with van der Waals surface area (Å²) in [5.74, 6) is -0.333. The minimum Gasteiger partial charge on any atom is -0.370 e. The van der Waals surface area contributed by atoms with Crippen molar-refractivity contribution < 1.29 is 4.79 Å². The van der Waals surface area contributed by atoms with Gasteiger partial charge in [-0.05, 0) is 47.0 Å². The quantitative estimate of drug-likeness (QED) is 0.626. The molecule has 1 fully saturated rings. The second-order valence-corrected chi connectivity index (χ2v) is 5.36. The molecule has 0 spiro atoms. The van der Waals surface area contributed by atoms with Gasteiger partial charge >= 0.3 is 0 Å². The monoisotopic (exact) mass is 200 g/mol. The maximum absolute atomic E-state index is 9.22. The van der Waals surface area contributed by atoms with E-state index in [2.05, 4.69) is 38.7 Å². The summed E-state index contributed by atoms with van der Waals surface area (Å²) >= 11 is 0. The van der Waals surface area contributed by atoms with E-state index in [1.807, 2.05) is 0 Å². The summed E-state index contributed by atoms with van der Waals surface area (Å²) in [7, 11) is 0. The number of nitrogens with one attached hydrogen (secondary N) is 1. The maximum atomic E-state index is 9.22. The Hall–Kier alpha value is -0.570. The van der Waals surface area contributed by atoms with Crippen LogP contribution >= 0.6 is 0 Å². The lowest BCUT2D eigenvalue weighted by Crippen LogP contribution is -2.55. The Kier molecular flexibility index (Phi) is 4.59. The molecule has 0 aromatic heterocycles. The summed E-state index contributed by atoms with van der Waals surface area (Å²) in [5.41, 5.74) is 5.20. The highest BCUT2D eigenvalue weighted by Gasteiger charge is 2.31. The molecule has 0 aromatic rings. The lowest BCUT2D eigenvalue weighted by molar-refractivity contribution is -0.115. The number of carbonyl (C=O) groups is 1. The van der Waals surface area contributed by atoms with Gasteiger partial charge in [-0.25, -0.2) is 0 Å². The van der Waals surface area contributed by atoms with Gasteiger partial charge in [0, 0.05) is 18.0 Å². The Labute approximate surface area is 87.4 Å². The van der Waals surface area contributed by atoms with Crippen molar-refractivity contribution in [2.75, 3.05) is 0 Å². The molecule has 1 saturated heterocycles. The van der Waals surface area contributed by atoms with E-state index in [-0.39, 0.29) is 5.91 Å². The topological polar surface area (TPSA) is 55.1 Å². The molecule has 0 radical (unpaired) electrons. The van der Waals surface area contributed by atoms with Crippen LogP contribution in [-0.2, 0) is 4.79 Å². The van der Waals surface area contributed by atoms with E-state index in [1.54, 1.807) is 0 Å². The number of hydrogen-bond donors (Lipinski definition) is 2. The van der Waals surface area contributed by atoms with Gasteiger partial charge in [0.1, 0.15) is 0 Å². The van der Waals surface area contributed by atoms with Gasteiger partial charge in [-0.2, -0.15) is 0 Å². The first-order chi connectivity index (χ1) is 6.15. The van der Waals surface area contributed by atoms with Gasteiger partial charge in [-0.3, -0.25) is 4.79 Å². The first kappa shape index (κ1) is 13.4. The van der Waals surface area contributed by atoms with E-state index in [1.165, 1.54) is 26.2 Å². The van der Waals surface area contributed by atoms with Gasteiger partial charge in [-0.15, -0.1) is 0 Å². The van der Waals surface area contributed by atoms with Crippen molar-refractivity contribution in [2.45, 2.75) is 65.0 Å². The fourth-order valence-electron chi connectivity index (χ4n) is 2.01. The van der Waals surface area contributed by atoms with Crippen LogP contribution in [0.4, 0.5) is 0 Å². The molecule has 0 aromatic carbocycles. The molecule has 1 heterocycles. The van der Waals surface area contributed by atoms with E-state index in [9.17, 15) is 4.79 Å². The molecule has 84 valence electrons. The fourth-order valence-corrected chi connectivity index (χ4v) is 2.01. The predicted octanol–water partition coefficient (Wildman–Crippen LogP) is 1.81. The van der Waals surface area contributed by atoms with E-state index < -0.39 is 0 Å². The first-order valence-electron chi connectivity index (χ1n) is 5.20. The highest BCUT2D eigenvalue weighted by Crippen LogP contribution is 2.27. The summed E-state index contributed by atoms with van der Waals surface area (Å²) in [6.07, 6.45) is 4.00. The third kappa shape index (κ3) is 6.89. The summed E-state index contributed by atoms with van der Waals surface area (Å²) in [6, 6.07) is 0. The second kappa shape index (κ2) is 4.78. The third-order valence-electron chi connectivity index (χ3n) is 2.28. The Morgan fingerprint density at radius 3 is 1.57 bits per heavy atom. The number of amides is 1. The third-order valence-corrected chi connectivity index (χ3v) is 2.28. The molecular weight excluding hydrogens is 176 g/mol. The van der Waals surface area contributed by atoms with Crippen LogP contribution in [0.15, 0.2) is 0 Å². The smallest absolute Gasteiger partial charge is 0.214 e. The number of primary amides is 1. The van der Waals surface area contributed by atoms with Crippen LogP contribution in [0.5, 0.6) is 0 Å². The van der Waals surface area contributed by atoms with E-state index in [4.69, 9.17) is 0 Å². The molecule has 1 aliphatic rings. The standard InChI is InChI=1S/C9H19N.C2H5NO/c1-8(2)6-5-7-9(3,4)10-8;1-2(3)4/h10H,5-7H2,1-4H3;1H3,(H2,3,4). The minimum absolute atomic E-state index is 0.333. The molecule has 3 heteroatoms. The van der Waals surface area contributed by atoms with Crippen LogP contribution in [0.25, 0.3) is 0 Å². The lowest BCUT2D eigenvalue weighted by Gasteiger charge is -2.42. The Morgan fingerprint density at radius 1 is 1.14 bits per heavy atom. The number of rotatable bonds is 0. The molecule has 0 bridgehead atoms. The van der Waals surface area contributed by atoms with Gasteiger partial charge in [0.25, 0.3) is 0 Å². The second-order valence-electron chi connectivity index (χ2n) is 5.36. The van der Waals surface area contributed by atoms with Crippen molar-refractivity contribution in [1.82, 2.24) is 5.32 Å². The van der Waals surface area contributed by atoms with E-state index in [0.29, 0.717) is 11.1 Å². The average molecular weight is 200 g/mol. The van der Waals surface area contributed by atoms with E-state index >= 15 is 0 Å². The minimum atomic E-state index is -0.333. The Balaban J connectivity index is 0.000000364. The largest absolute Gasteiger partial charge is 0.370 e. The van der Waals surface area contributed by atoms with Gasteiger partial charge in [0.05, 0.1) is 0 Å². The molecule has 0 saturated carbocycles. The molecular formula is C11H24N2O. The zero-order valence-electron chi connectivity index (χ0n) is 10.1. The van der Waals surface area contributed by atoms with Crippen LogP contribution in [-0.4, -0.2) is 17.0 Å². The van der Waals surface area contributed by atoms with Crippen molar-refractivity contribution in [1.29, 1.82) is 0 Å². The van der Waals surface area contributed by atoms with Gasteiger partial charge < -0.3 is 11.1 Å². The van der Waals surface area contributed by atoms with E-state index in [0.717, 1.165) is 0 Å². The van der Waals surface area contributed by atoms with Crippen molar-refractivity contribution in [2.24, 2.45) is 5.73 Å². The molecule has 1 aliphatic heterocycles. The Bertz CT molecular complexity index is 179. The zero-order valence-corrected chi connectivity index (χ0v) is 10.1. The fraction of sp³-hybridized carbons (Fsp3) is 0.909. The van der Waals surface area contributed by atoms with Gasteiger partial charge in [0.15, 0.2) is 0 Å². The molecule has 1 rings (SSSR count). The van der Waals surface area contributed by atoms with Crippen molar-refractivity contribution in [3.05, 3.63) is 0 Å². The van der Waals surface area contributed by atoms with Crippen molar-refractivity contribution in [3.63, 3.8) is 0 Å². The lowest BCUT2D eigenvalue weighted by atomic mass is 9.83. The van der Waals surface area contributed by atoms with Crippen molar-refractivity contribution in [3.8, 4) is 0 Å². The van der Waals surface area contributed by atoms with Crippen LogP contribution < -0.4 is 11.1 Å². The maximum Gasteiger partial charge on any atom is 0.214 e. The number of nitrogens with two attached hydrogens (primary N) is 1. The van der Waals surface area contributed by atoms with Crippen LogP contribution in [0.1, 0.15) is 53.9 Å². The predicted molar refractivity (Wildman–Crippen MR) is 60.0 cm³/mol. The zero-order chi connectivity index (χ0) is 11.4. The van der Waals surface area contributed by atoms with Crippen molar-refractivity contribution >= 4 is 5.91 Å². The molecule has 3 N–H and O–H groups in total. The summed E-state index contributed by atoms with van der Waals surface area (Å²) < 4.78 is 0. The number of piperidine rings is 1. The molecule has 3 nitrogen and oxygen atoms in total. The summed E-state index contributed by atoms with van der Waals surface area (Å²) in [5, 5.41) is 3.63. The van der Waals surface area contributed by atoms with Gasteiger partial charge in [-0.1, -0.05) is 0 Å². The molecule has 0 unspecified atom stereocenters. The normalized spacial score (nSPS) is 23.2.